The Hall–Kier alpha value is -2.48. The molecule has 26 heavy (non-hydrogen) atoms. The van der Waals surface area contributed by atoms with Gasteiger partial charge < -0.3 is 20.3 Å². The number of fused-ring (bicyclic) bond motifs is 1. The van der Waals surface area contributed by atoms with Crippen LogP contribution in [0.5, 0.6) is 0 Å². The lowest BCUT2D eigenvalue weighted by molar-refractivity contribution is 0.0695. The van der Waals surface area contributed by atoms with E-state index in [1.54, 1.807) is 4.90 Å². The third kappa shape index (κ3) is 2.39. The van der Waals surface area contributed by atoms with Crippen molar-refractivity contribution in [1.82, 2.24) is 4.57 Å². The molecule has 2 aromatic rings. The molecule has 2 fully saturated rings. The van der Waals surface area contributed by atoms with Crippen molar-refractivity contribution in [2.24, 2.45) is 5.73 Å². The van der Waals surface area contributed by atoms with Gasteiger partial charge in [-0.05, 0) is 26.2 Å². The Morgan fingerprint density at radius 1 is 1.27 bits per heavy atom. The fraction of sp³-hybridized carbons (Fsp3) is 0.444. The number of hydrogen-bond acceptors (Lipinski definition) is 4. The van der Waals surface area contributed by atoms with E-state index >= 15 is 8.78 Å². The average Bonchev–Trinajstić information content (AvgIpc) is 3.34. The number of halogens is 2. The minimum atomic E-state index is -1.40. The first-order valence-electron chi connectivity index (χ1n) is 8.61. The van der Waals surface area contributed by atoms with E-state index in [1.165, 1.54) is 17.7 Å². The number of nitrogens with two attached hydrogens (primary N) is 1. The van der Waals surface area contributed by atoms with Crippen molar-refractivity contribution in [1.29, 1.82) is 0 Å². The highest BCUT2D eigenvalue weighted by atomic mass is 19.1. The highest BCUT2D eigenvalue weighted by Gasteiger charge is 2.33. The first-order chi connectivity index (χ1) is 12.3. The van der Waals surface area contributed by atoms with E-state index < -0.39 is 28.6 Å². The molecule has 2 heterocycles. The summed E-state index contributed by atoms with van der Waals surface area (Å²) in [6.45, 7) is 2.15. The number of aromatic carboxylic acids is 1. The van der Waals surface area contributed by atoms with Gasteiger partial charge in [0.1, 0.15) is 11.3 Å². The van der Waals surface area contributed by atoms with Crippen LogP contribution in [0.25, 0.3) is 10.9 Å². The number of aromatic nitrogens is 1. The summed E-state index contributed by atoms with van der Waals surface area (Å²) in [6, 6.07) is -0.242. The Morgan fingerprint density at radius 3 is 2.50 bits per heavy atom. The minimum Gasteiger partial charge on any atom is -0.477 e. The van der Waals surface area contributed by atoms with Crippen LogP contribution in [0.3, 0.4) is 0 Å². The van der Waals surface area contributed by atoms with Crippen molar-refractivity contribution in [2.75, 3.05) is 18.0 Å². The maximum absolute atomic E-state index is 15.4. The highest BCUT2D eigenvalue weighted by molar-refractivity contribution is 5.95. The predicted octanol–water partition coefficient (Wildman–Crippen LogP) is 2.16. The van der Waals surface area contributed by atoms with E-state index in [1.807, 2.05) is 0 Å². The van der Waals surface area contributed by atoms with Gasteiger partial charge in [0.2, 0.25) is 5.43 Å². The Bertz CT molecular complexity index is 998. The van der Waals surface area contributed by atoms with Crippen LogP contribution in [0.15, 0.2) is 11.0 Å². The molecule has 1 aromatic heterocycles. The van der Waals surface area contributed by atoms with Crippen LogP contribution in [0, 0.1) is 18.6 Å². The van der Waals surface area contributed by atoms with E-state index in [4.69, 9.17) is 5.73 Å². The molecule has 1 atom stereocenters. The van der Waals surface area contributed by atoms with Gasteiger partial charge in [0, 0.05) is 36.9 Å². The van der Waals surface area contributed by atoms with Gasteiger partial charge in [-0.15, -0.1) is 0 Å². The standard InChI is InChI=1S/C18H19F2N3O3/c1-8-12-15(14(20)16(13(8)19)22-5-4-9(21)6-22)23(10-2-3-10)7-11(17(12)24)18(25)26/h7,9-10H,2-6,21H2,1H3,(H,25,26)/t9-/m0/s1. The lowest BCUT2D eigenvalue weighted by Gasteiger charge is -2.23. The summed E-state index contributed by atoms with van der Waals surface area (Å²) in [6.07, 6.45) is 3.33. The van der Waals surface area contributed by atoms with Crippen LogP contribution in [0.1, 0.15) is 41.2 Å². The van der Waals surface area contributed by atoms with Crippen molar-refractivity contribution < 1.29 is 18.7 Å². The quantitative estimate of drug-likeness (QED) is 0.872. The monoisotopic (exact) mass is 363 g/mol. The van der Waals surface area contributed by atoms with E-state index in [0.29, 0.717) is 19.5 Å². The van der Waals surface area contributed by atoms with Gasteiger partial charge in [-0.3, -0.25) is 4.79 Å². The summed E-state index contributed by atoms with van der Waals surface area (Å²) >= 11 is 0. The van der Waals surface area contributed by atoms with Gasteiger partial charge in [-0.1, -0.05) is 0 Å². The number of anilines is 1. The molecule has 1 aromatic carbocycles. The van der Waals surface area contributed by atoms with Crippen LogP contribution >= 0.6 is 0 Å². The van der Waals surface area contributed by atoms with Crippen molar-refractivity contribution in [3.05, 3.63) is 39.2 Å². The maximum Gasteiger partial charge on any atom is 0.341 e. The van der Waals surface area contributed by atoms with Gasteiger partial charge in [0.15, 0.2) is 11.6 Å². The molecule has 1 aliphatic heterocycles. The molecule has 138 valence electrons. The molecule has 0 bridgehead atoms. The van der Waals surface area contributed by atoms with Crippen LogP contribution in [0.4, 0.5) is 14.5 Å². The second-order valence-electron chi connectivity index (χ2n) is 7.14. The van der Waals surface area contributed by atoms with Gasteiger partial charge in [-0.25, -0.2) is 13.6 Å². The second-order valence-corrected chi connectivity index (χ2v) is 7.14. The molecule has 6 nitrogen and oxygen atoms in total. The van der Waals surface area contributed by atoms with Gasteiger partial charge in [0.05, 0.1) is 10.9 Å². The van der Waals surface area contributed by atoms with Gasteiger partial charge in [0.25, 0.3) is 0 Å². The molecule has 0 amide bonds. The minimum absolute atomic E-state index is 0.0168. The first-order valence-corrected chi connectivity index (χ1v) is 8.61. The average molecular weight is 363 g/mol. The van der Waals surface area contributed by atoms with Crippen LogP contribution in [-0.2, 0) is 0 Å². The number of benzene rings is 1. The molecule has 1 saturated heterocycles. The smallest absolute Gasteiger partial charge is 0.341 e. The molecule has 1 saturated carbocycles. The van der Waals surface area contributed by atoms with Crippen molar-refractivity contribution in [3.63, 3.8) is 0 Å². The number of carboxylic acid groups (broad SMARTS) is 1. The lowest BCUT2D eigenvalue weighted by atomic mass is 10.0. The third-order valence-electron chi connectivity index (χ3n) is 5.27. The number of rotatable bonds is 3. The molecular formula is C18H19F2N3O3. The molecule has 4 rings (SSSR count). The topological polar surface area (TPSA) is 88.6 Å². The zero-order valence-corrected chi connectivity index (χ0v) is 14.3. The van der Waals surface area contributed by atoms with Crippen LogP contribution in [-0.4, -0.2) is 34.8 Å². The number of carbonyl (C=O) groups is 1. The third-order valence-corrected chi connectivity index (χ3v) is 5.27. The Morgan fingerprint density at radius 2 is 1.96 bits per heavy atom. The first kappa shape index (κ1) is 17.0. The van der Waals surface area contributed by atoms with Crippen molar-refractivity contribution in [2.45, 2.75) is 38.3 Å². The van der Waals surface area contributed by atoms with Crippen molar-refractivity contribution in [3.8, 4) is 0 Å². The fourth-order valence-corrected chi connectivity index (χ4v) is 3.76. The molecule has 8 heteroatoms. The maximum atomic E-state index is 15.4. The second kappa shape index (κ2) is 5.77. The van der Waals surface area contributed by atoms with Gasteiger partial charge >= 0.3 is 5.97 Å². The molecule has 2 aliphatic rings. The SMILES string of the molecule is Cc1c(F)c(N2CC[C@H](N)C2)c(F)c2c1c(=O)c(C(=O)O)cn2C1CC1. The highest BCUT2D eigenvalue weighted by Crippen LogP contribution is 2.41. The summed E-state index contributed by atoms with van der Waals surface area (Å²) < 4.78 is 31.9. The van der Waals surface area contributed by atoms with Gasteiger partial charge in [-0.2, -0.15) is 0 Å². The summed E-state index contributed by atoms with van der Waals surface area (Å²) in [7, 11) is 0. The van der Waals surface area contributed by atoms with Crippen molar-refractivity contribution >= 4 is 22.6 Å². The number of carboxylic acids is 1. The summed E-state index contributed by atoms with van der Waals surface area (Å²) in [5.41, 5.74) is 4.32. The fourth-order valence-electron chi connectivity index (χ4n) is 3.76. The number of pyridine rings is 1. The molecule has 0 radical (unpaired) electrons. The Kier molecular flexibility index (Phi) is 3.76. The Balaban J connectivity index is 2.09. The predicted molar refractivity (Wildman–Crippen MR) is 92.9 cm³/mol. The molecule has 3 N–H and O–H groups in total. The molecule has 0 unspecified atom stereocenters. The normalized spacial score (nSPS) is 20.2. The zero-order chi connectivity index (χ0) is 18.7. The van der Waals surface area contributed by atoms with E-state index in [0.717, 1.165) is 12.8 Å². The summed E-state index contributed by atoms with van der Waals surface area (Å²) in [4.78, 5) is 25.6. The summed E-state index contributed by atoms with van der Waals surface area (Å²) in [5, 5.41) is 9.12. The molecule has 0 spiro atoms. The largest absolute Gasteiger partial charge is 0.477 e. The zero-order valence-electron chi connectivity index (χ0n) is 14.3. The summed E-state index contributed by atoms with van der Waals surface area (Å²) in [5.74, 6) is -3.05. The number of aryl methyl sites for hydroxylation is 1. The molecule has 1 aliphatic carbocycles. The molecular weight excluding hydrogens is 344 g/mol. The van der Waals surface area contributed by atoms with E-state index in [-0.39, 0.29) is 34.2 Å². The Labute approximate surface area is 147 Å². The van der Waals surface area contributed by atoms with E-state index in [2.05, 4.69) is 0 Å². The number of hydrogen-bond donors (Lipinski definition) is 2. The van der Waals surface area contributed by atoms with E-state index in [9.17, 15) is 14.7 Å². The lowest BCUT2D eigenvalue weighted by Crippen LogP contribution is -2.29. The van der Waals surface area contributed by atoms with Crippen LogP contribution in [0.2, 0.25) is 0 Å². The number of nitrogens with zero attached hydrogens (tertiary/aromatic N) is 2. The van der Waals surface area contributed by atoms with Crippen LogP contribution < -0.4 is 16.1 Å².